The first kappa shape index (κ1) is 14.5. The number of halogens is 1. The second-order valence-corrected chi connectivity index (χ2v) is 6.65. The van der Waals surface area contributed by atoms with E-state index in [1.54, 1.807) is 0 Å². The molecule has 0 radical (unpaired) electrons. The zero-order chi connectivity index (χ0) is 15.0. The number of rotatable bonds is 2. The molecule has 0 aliphatic heterocycles. The smallest absolute Gasteiger partial charge is 0.265 e. The summed E-state index contributed by atoms with van der Waals surface area (Å²) < 4.78 is 0.601. The van der Waals surface area contributed by atoms with Crippen LogP contribution < -0.4 is 5.56 Å². The molecule has 110 valence electrons. The van der Waals surface area contributed by atoms with Crippen LogP contribution in [-0.2, 0) is 0 Å². The van der Waals surface area contributed by atoms with Gasteiger partial charge in [-0.25, -0.2) is 4.98 Å². The molecule has 1 heterocycles. The van der Waals surface area contributed by atoms with E-state index in [2.05, 4.69) is 46.9 Å². The van der Waals surface area contributed by atoms with Gasteiger partial charge >= 0.3 is 0 Å². The maximum Gasteiger partial charge on any atom is 0.265 e. The average molecular weight is 347 g/mol. The van der Waals surface area contributed by atoms with Gasteiger partial charge in [0.15, 0.2) is 0 Å². The van der Waals surface area contributed by atoms with Gasteiger partial charge in [-0.1, -0.05) is 31.0 Å². The number of H-pyrrole nitrogens is 1. The quantitative estimate of drug-likeness (QED) is 0.871. The lowest BCUT2D eigenvalue weighted by molar-refractivity contribution is 0.688. The van der Waals surface area contributed by atoms with Gasteiger partial charge < -0.3 is 4.98 Å². The Hall–Kier alpha value is -1.42. The van der Waals surface area contributed by atoms with Crippen LogP contribution in [0.15, 0.2) is 27.5 Å². The minimum absolute atomic E-state index is 0.0791. The van der Waals surface area contributed by atoms with Crippen molar-refractivity contribution in [3.8, 4) is 11.4 Å². The van der Waals surface area contributed by atoms with Crippen molar-refractivity contribution in [2.24, 2.45) is 0 Å². The fourth-order valence-electron chi connectivity index (χ4n) is 3.25. The first-order chi connectivity index (χ1) is 10.1. The highest BCUT2D eigenvalue weighted by Gasteiger charge is 2.23. The summed E-state index contributed by atoms with van der Waals surface area (Å²) >= 11 is 3.43. The van der Waals surface area contributed by atoms with E-state index < -0.39 is 0 Å². The molecule has 1 aromatic carbocycles. The van der Waals surface area contributed by atoms with Crippen LogP contribution in [0.3, 0.4) is 0 Å². The van der Waals surface area contributed by atoms with E-state index in [1.807, 2.05) is 6.07 Å². The highest BCUT2D eigenvalue weighted by Crippen LogP contribution is 2.36. The van der Waals surface area contributed by atoms with Gasteiger partial charge in [0.1, 0.15) is 10.3 Å². The first-order valence-corrected chi connectivity index (χ1v) is 8.23. The molecule has 0 saturated heterocycles. The molecule has 1 fully saturated rings. The number of aromatic amines is 1. The number of benzene rings is 1. The van der Waals surface area contributed by atoms with E-state index in [9.17, 15) is 4.79 Å². The molecule has 0 bridgehead atoms. The molecule has 1 aromatic heterocycles. The van der Waals surface area contributed by atoms with E-state index in [0.29, 0.717) is 16.2 Å². The molecule has 3 rings (SSSR count). The van der Waals surface area contributed by atoms with E-state index in [4.69, 9.17) is 4.98 Å². The van der Waals surface area contributed by atoms with Crippen molar-refractivity contribution in [1.82, 2.24) is 9.97 Å². The monoisotopic (exact) mass is 346 g/mol. The van der Waals surface area contributed by atoms with E-state index in [0.717, 1.165) is 35.2 Å². The normalized spacial score (nSPS) is 15.6. The zero-order valence-electron chi connectivity index (χ0n) is 12.4. The Kier molecular flexibility index (Phi) is 3.98. The van der Waals surface area contributed by atoms with Crippen molar-refractivity contribution in [3.63, 3.8) is 0 Å². The molecule has 3 nitrogen and oxygen atoms in total. The number of nitrogens with one attached hydrogen (secondary N) is 1. The van der Waals surface area contributed by atoms with Gasteiger partial charge in [0, 0.05) is 11.5 Å². The molecule has 1 saturated carbocycles. The Morgan fingerprint density at radius 2 is 1.81 bits per heavy atom. The molecule has 0 atom stereocenters. The minimum Gasteiger partial charge on any atom is -0.306 e. The SMILES string of the molecule is Cc1cccc(C)c1-c1nc(C2CCCC2)c(Br)c(=O)[nH]1. The van der Waals surface area contributed by atoms with Crippen LogP contribution in [0.1, 0.15) is 48.4 Å². The van der Waals surface area contributed by atoms with Crippen LogP contribution in [0, 0.1) is 13.8 Å². The highest BCUT2D eigenvalue weighted by atomic mass is 79.9. The van der Waals surface area contributed by atoms with Crippen LogP contribution in [0.5, 0.6) is 0 Å². The van der Waals surface area contributed by atoms with Gasteiger partial charge in [-0.05, 0) is 53.7 Å². The second kappa shape index (κ2) is 5.76. The summed E-state index contributed by atoms with van der Waals surface area (Å²) in [6, 6.07) is 6.14. The first-order valence-electron chi connectivity index (χ1n) is 7.44. The van der Waals surface area contributed by atoms with Gasteiger partial charge in [-0.2, -0.15) is 0 Å². The summed E-state index contributed by atoms with van der Waals surface area (Å²) in [5, 5.41) is 0. The van der Waals surface area contributed by atoms with Crippen LogP contribution in [0.4, 0.5) is 0 Å². The molecule has 0 unspecified atom stereocenters. The van der Waals surface area contributed by atoms with E-state index >= 15 is 0 Å². The van der Waals surface area contributed by atoms with Crippen molar-refractivity contribution in [1.29, 1.82) is 0 Å². The van der Waals surface area contributed by atoms with Crippen molar-refractivity contribution < 1.29 is 0 Å². The largest absolute Gasteiger partial charge is 0.306 e. The van der Waals surface area contributed by atoms with Crippen molar-refractivity contribution in [2.45, 2.75) is 45.4 Å². The molecular formula is C17H19BrN2O. The molecule has 1 N–H and O–H groups in total. The van der Waals surface area contributed by atoms with Gasteiger partial charge in [0.2, 0.25) is 0 Å². The summed E-state index contributed by atoms with van der Waals surface area (Å²) in [5.74, 6) is 1.10. The number of nitrogens with zero attached hydrogens (tertiary/aromatic N) is 1. The van der Waals surface area contributed by atoms with Gasteiger partial charge in [-0.15, -0.1) is 0 Å². The van der Waals surface area contributed by atoms with Crippen LogP contribution in [0.2, 0.25) is 0 Å². The third kappa shape index (κ3) is 2.69. The Morgan fingerprint density at radius 3 is 2.43 bits per heavy atom. The van der Waals surface area contributed by atoms with Gasteiger partial charge in [0.25, 0.3) is 5.56 Å². The van der Waals surface area contributed by atoms with Crippen molar-refractivity contribution in [2.75, 3.05) is 0 Å². The maximum atomic E-state index is 12.3. The fraction of sp³-hybridized carbons (Fsp3) is 0.412. The van der Waals surface area contributed by atoms with Gasteiger partial charge in [-0.3, -0.25) is 4.79 Å². The second-order valence-electron chi connectivity index (χ2n) is 5.86. The van der Waals surface area contributed by atoms with Crippen LogP contribution in [-0.4, -0.2) is 9.97 Å². The lowest BCUT2D eigenvalue weighted by atomic mass is 10.0. The average Bonchev–Trinajstić information content (AvgIpc) is 2.96. The van der Waals surface area contributed by atoms with Crippen molar-refractivity contribution in [3.05, 3.63) is 49.8 Å². The Balaban J connectivity index is 2.18. The molecular weight excluding hydrogens is 328 g/mol. The van der Waals surface area contributed by atoms with Crippen LogP contribution in [0.25, 0.3) is 11.4 Å². The van der Waals surface area contributed by atoms with E-state index in [1.165, 1.54) is 12.8 Å². The molecule has 0 amide bonds. The predicted molar refractivity (Wildman–Crippen MR) is 88.7 cm³/mol. The summed E-state index contributed by atoms with van der Waals surface area (Å²) in [5.41, 5.74) is 4.16. The molecule has 0 spiro atoms. The topological polar surface area (TPSA) is 45.8 Å². The summed E-state index contributed by atoms with van der Waals surface area (Å²) in [6.45, 7) is 4.11. The summed E-state index contributed by atoms with van der Waals surface area (Å²) in [4.78, 5) is 20.0. The standard InChI is InChI=1S/C17H19BrN2O/c1-10-6-5-7-11(2)13(10)16-19-15(12-8-3-4-9-12)14(18)17(21)20-16/h5-7,12H,3-4,8-9H2,1-2H3,(H,19,20,21). The number of aromatic nitrogens is 2. The summed E-state index contributed by atoms with van der Waals surface area (Å²) in [7, 11) is 0. The maximum absolute atomic E-state index is 12.3. The molecule has 21 heavy (non-hydrogen) atoms. The Labute approximate surface area is 133 Å². The zero-order valence-corrected chi connectivity index (χ0v) is 14.0. The predicted octanol–water partition coefficient (Wildman–Crippen LogP) is 4.47. The minimum atomic E-state index is -0.0791. The Bertz CT molecular complexity index is 710. The van der Waals surface area contributed by atoms with Gasteiger partial charge in [0.05, 0.1) is 5.69 Å². The highest BCUT2D eigenvalue weighted by molar-refractivity contribution is 9.10. The molecule has 4 heteroatoms. The Morgan fingerprint density at radius 1 is 1.19 bits per heavy atom. The fourth-order valence-corrected chi connectivity index (χ4v) is 3.76. The number of aryl methyl sites for hydroxylation is 2. The number of hydrogen-bond donors (Lipinski definition) is 1. The molecule has 1 aliphatic rings. The van der Waals surface area contributed by atoms with Crippen molar-refractivity contribution >= 4 is 15.9 Å². The number of hydrogen-bond acceptors (Lipinski definition) is 2. The lowest BCUT2D eigenvalue weighted by Gasteiger charge is -2.14. The third-order valence-electron chi connectivity index (χ3n) is 4.35. The summed E-state index contributed by atoms with van der Waals surface area (Å²) in [6.07, 6.45) is 4.71. The molecule has 2 aromatic rings. The van der Waals surface area contributed by atoms with E-state index in [-0.39, 0.29) is 5.56 Å². The van der Waals surface area contributed by atoms with Crippen LogP contribution >= 0.6 is 15.9 Å². The third-order valence-corrected chi connectivity index (χ3v) is 5.11. The lowest BCUT2D eigenvalue weighted by Crippen LogP contribution is -2.16. The molecule has 1 aliphatic carbocycles.